The summed E-state index contributed by atoms with van der Waals surface area (Å²) in [5, 5.41) is 0. The molecule has 0 saturated carbocycles. The number of carbonyl (C=O) groups is 1. The van der Waals surface area contributed by atoms with Gasteiger partial charge in [0.2, 0.25) is 5.91 Å². The molecule has 2 heteroatoms. The summed E-state index contributed by atoms with van der Waals surface area (Å²) in [5.41, 5.74) is 1.03. The van der Waals surface area contributed by atoms with Gasteiger partial charge in [0, 0.05) is 19.2 Å². The molecule has 1 aromatic rings. The van der Waals surface area contributed by atoms with E-state index in [1.54, 1.807) is 17.1 Å². The molecule has 0 fully saturated rings. The SMILES string of the molecule is C=CCN(CC)C(=O)/C=C/c1ccccc1. The number of hydrogen-bond donors (Lipinski definition) is 0. The van der Waals surface area contributed by atoms with E-state index in [1.807, 2.05) is 43.3 Å². The van der Waals surface area contributed by atoms with E-state index in [2.05, 4.69) is 6.58 Å². The number of rotatable bonds is 5. The Morgan fingerprint density at radius 1 is 1.38 bits per heavy atom. The molecule has 0 spiro atoms. The van der Waals surface area contributed by atoms with Crippen molar-refractivity contribution in [3.05, 3.63) is 54.6 Å². The van der Waals surface area contributed by atoms with Gasteiger partial charge in [0.15, 0.2) is 0 Å². The molecule has 0 aliphatic carbocycles. The Morgan fingerprint density at radius 3 is 2.62 bits per heavy atom. The van der Waals surface area contributed by atoms with Crippen LogP contribution in [0.2, 0.25) is 0 Å². The van der Waals surface area contributed by atoms with E-state index in [1.165, 1.54) is 0 Å². The molecule has 0 N–H and O–H groups in total. The topological polar surface area (TPSA) is 20.3 Å². The Balaban J connectivity index is 2.63. The van der Waals surface area contributed by atoms with E-state index in [0.29, 0.717) is 13.1 Å². The lowest BCUT2D eigenvalue weighted by atomic mass is 10.2. The number of likely N-dealkylation sites (N-methyl/N-ethyl adjacent to an activating group) is 1. The molecule has 0 saturated heterocycles. The van der Waals surface area contributed by atoms with Crippen LogP contribution in [0.3, 0.4) is 0 Å². The maximum Gasteiger partial charge on any atom is 0.246 e. The Labute approximate surface area is 96.9 Å². The van der Waals surface area contributed by atoms with Gasteiger partial charge in [-0.3, -0.25) is 4.79 Å². The van der Waals surface area contributed by atoms with Crippen LogP contribution in [0, 0.1) is 0 Å². The van der Waals surface area contributed by atoms with Crippen molar-refractivity contribution in [1.29, 1.82) is 0 Å². The van der Waals surface area contributed by atoms with Gasteiger partial charge in [-0.1, -0.05) is 36.4 Å². The molecule has 2 nitrogen and oxygen atoms in total. The highest BCUT2D eigenvalue weighted by molar-refractivity contribution is 5.91. The number of amides is 1. The van der Waals surface area contributed by atoms with E-state index >= 15 is 0 Å². The zero-order chi connectivity index (χ0) is 11.8. The van der Waals surface area contributed by atoms with Gasteiger partial charge in [0.25, 0.3) is 0 Å². The molecule has 0 radical (unpaired) electrons. The van der Waals surface area contributed by atoms with Crippen LogP contribution in [-0.4, -0.2) is 23.9 Å². The highest BCUT2D eigenvalue weighted by atomic mass is 16.2. The molecule has 0 heterocycles. The summed E-state index contributed by atoms with van der Waals surface area (Å²) in [6.07, 6.45) is 5.16. The molecule has 0 unspecified atom stereocenters. The molecule has 1 rings (SSSR count). The Morgan fingerprint density at radius 2 is 2.06 bits per heavy atom. The Bertz CT molecular complexity index is 368. The van der Waals surface area contributed by atoms with Gasteiger partial charge in [0.05, 0.1) is 0 Å². The van der Waals surface area contributed by atoms with E-state index in [4.69, 9.17) is 0 Å². The van der Waals surface area contributed by atoms with E-state index < -0.39 is 0 Å². The highest BCUT2D eigenvalue weighted by Crippen LogP contribution is 2.02. The third-order valence-electron chi connectivity index (χ3n) is 2.26. The average Bonchev–Trinajstić information content (AvgIpc) is 2.34. The maximum absolute atomic E-state index is 11.7. The highest BCUT2D eigenvalue weighted by Gasteiger charge is 2.04. The predicted octanol–water partition coefficient (Wildman–Crippen LogP) is 2.73. The summed E-state index contributed by atoms with van der Waals surface area (Å²) < 4.78 is 0. The zero-order valence-electron chi connectivity index (χ0n) is 9.60. The molecule has 0 bridgehead atoms. The van der Waals surface area contributed by atoms with E-state index in [-0.39, 0.29) is 5.91 Å². The van der Waals surface area contributed by atoms with Crippen molar-refractivity contribution in [3.8, 4) is 0 Å². The lowest BCUT2D eigenvalue weighted by Crippen LogP contribution is -2.29. The molecule has 0 aliphatic heterocycles. The van der Waals surface area contributed by atoms with Crippen molar-refractivity contribution in [1.82, 2.24) is 4.90 Å². The van der Waals surface area contributed by atoms with Crippen molar-refractivity contribution >= 4 is 12.0 Å². The minimum absolute atomic E-state index is 0.0197. The summed E-state index contributed by atoms with van der Waals surface area (Å²) in [6.45, 7) is 6.88. The van der Waals surface area contributed by atoms with Crippen LogP contribution in [-0.2, 0) is 4.79 Å². The van der Waals surface area contributed by atoms with Gasteiger partial charge in [-0.25, -0.2) is 0 Å². The molecule has 16 heavy (non-hydrogen) atoms. The standard InChI is InChI=1S/C14H17NO/c1-3-12-15(4-2)14(16)11-10-13-8-6-5-7-9-13/h3,5-11H,1,4,12H2,2H3/b11-10+. The molecule has 0 atom stereocenters. The van der Waals surface area contributed by atoms with Gasteiger partial charge in [0.1, 0.15) is 0 Å². The molecular weight excluding hydrogens is 198 g/mol. The van der Waals surface area contributed by atoms with Gasteiger partial charge >= 0.3 is 0 Å². The summed E-state index contributed by atoms with van der Waals surface area (Å²) in [5.74, 6) is 0.0197. The van der Waals surface area contributed by atoms with Gasteiger partial charge in [-0.05, 0) is 18.6 Å². The Kier molecular flexibility index (Phi) is 5.06. The second-order valence-electron chi connectivity index (χ2n) is 3.41. The van der Waals surface area contributed by atoms with Crippen molar-refractivity contribution in [2.75, 3.05) is 13.1 Å². The van der Waals surface area contributed by atoms with Crippen LogP contribution >= 0.6 is 0 Å². The largest absolute Gasteiger partial charge is 0.336 e. The normalized spacial score (nSPS) is 10.3. The third-order valence-corrected chi connectivity index (χ3v) is 2.26. The summed E-state index contributed by atoms with van der Waals surface area (Å²) in [7, 11) is 0. The van der Waals surface area contributed by atoms with E-state index in [0.717, 1.165) is 5.56 Å². The van der Waals surface area contributed by atoms with Gasteiger partial charge in [-0.15, -0.1) is 6.58 Å². The average molecular weight is 215 g/mol. The van der Waals surface area contributed by atoms with Crippen LogP contribution in [0.5, 0.6) is 0 Å². The summed E-state index contributed by atoms with van der Waals surface area (Å²) in [4.78, 5) is 13.5. The monoisotopic (exact) mass is 215 g/mol. The van der Waals surface area contributed by atoms with Crippen molar-refractivity contribution < 1.29 is 4.79 Å². The summed E-state index contributed by atoms with van der Waals surface area (Å²) in [6, 6.07) is 9.79. The second-order valence-corrected chi connectivity index (χ2v) is 3.41. The first-order valence-corrected chi connectivity index (χ1v) is 5.41. The van der Waals surface area contributed by atoms with Crippen LogP contribution < -0.4 is 0 Å². The number of carbonyl (C=O) groups excluding carboxylic acids is 1. The van der Waals surface area contributed by atoms with Crippen LogP contribution in [0.1, 0.15) is 12.5 Å². The fourth-order valence-electron chi connectivity index (χ4n) is 1.37. The molecule has 0 aromatic heterocycles. The van der Waals surface area contributed by atoms with E-state index in [9.17, 15) is 4.79 Å². The first kappa shape index (κ1) is 12.2. The first-order valence-electron chi connectivity index (χ1n) is 5.41. The lowest BCUT2D eigenvalue weighted by Gasteiger charge is -2.16. The minimum atomic E-state index is 0.0197. The maximum atomic E-state index is 11.7. The second kappa shape index (κ2) is 6.62. The number of nitrogens with zero attached hydrogens (tertiary/aromatic N) is 1. The van der Waals surface area contributed by atoms with Crippen LogP contribution in [0.15, 0.2) is 49.1 Å². The zero-order valence-corrected chi connectivity index (χ0v) is 9.60. The number of benzene rings is 1. The van der Waals surface area contributed by atoms with Gasteiger partial charge < -0.3 is 4.90 Å². The Hall–Kier alpha value is -1.83. The van der Waals surface area contributed by atoms with Crippen LogP contribution in [0.4, 0.5) is 0 Å². The smallest absolute Gasteiger partial charge is 0.246 e. The first-order chi connectivity index (χ1) is 7.77. The van der Waals surface area contributed by atoms with Crippen LogP contribution in [0.25, 0.3) is 6.08 Å². The quantitative estimate of drug-likeness (QED) is 0.546. The van der Waals surface area contributed by atoms with Gasteiger partial charge in [-0.2, -0.15) is 0 Å². The molecule has 1 aromatic carbocycles. The molecule has 1 amide bonds. The fraction of sp³-hybridized carbons (Fsp3) is 0.214. The lowest BCUT2D eigenvalue weighted by molar-refractivity contribution is -0.125. The van der Waals surface area contributed by atoms with Crippen molar-refractivity contribution in [2.24, 2.45) is 0 Å². The predicted molar refractivity (Wildman–Crippen MR) is 67.9 cm³/mol. The fourth-order valence-corrected chi connectivity index (χ4v) is 1.37. The minimum Gasteiger partial charge on any atom is -0.336 e. The third kappa shape index (κ3) is 3.73. The van der Waals surface area contributed by atoms with Crippen molar-refractivity contribution in [3.63, 3.8) is 0 Å². The molecular formula is C14H17NO. The van der Waals surface area contributed by atoms with Crippen molar-refractivity contribution in [2.45, 2.75) is 6.92 Å². The molecule has 84 valence electrons. The molecule has 0 aliphatic rings. The summed E-state index contributed by atoms with van der Waals surface area (Å²) >= 11 is 0. The number of hydrogen-bond acceptors (Lipinski definition) is 1.